The number of rotatable bonds is 4. The highest BCUT2D eigenvalue weighted by Crippen LogP contribution is 2.26. The minimum absolute atomic E-state index is 0.0147. The molecule has 7 heteroatoms. The summed E-state index contributed by atoms with van der Waals surface area (Å²) < 4.78 is 40.4. The third-order valence-electron chi connectivity index (χ3n) is 2.80. The van der Waals surface area contributed by atoms with Gasteiger partial charge in [0.1, 0.15) is 10.7 Å². The van der Waals surface area contributed by atoms with Crippen LogP contribution in [0.1, 0.15) is 0 Å². The van der Waals surface area contributed by atoms with Gasteiger partial charge in [-0.05, 0) is 52.3 Å². The topological polar surface area (TPSA) is 49.4 Å². The second-order valence-electron chi connectivity index (χ2n) is 4.62. The van der Waals surface area contributed by atoms with Crippen LogP contribution in [0, 0.1) is 5.82 Å². The quantitative estimate of drug-likeness (QED) is 0.893. The first-order valence-corrected chi connectivity index (χ1v) is 8.32. The number of hydrogen-bond acceptors (Lipinski definition) is 3. The van der Waals surface area contributed by atoms with E-state index < -0.39 is 15.8 Å². The Morgan fingerprint density at radius 1 is 1.14 bits per heavy atom. The van der Waals surface area contributed by atoms with Gasteiger partial charge in [-0.25, -0.2) is 12.8 Å². The molecule has 0 bridgehead atoms. The summed E-state index contributed by atoms with van der Waals surface area (Å²) in [6, 6.07) is 10.4. The molecule has 0 unspecified atom stereocenters. The molecule has 2 rings (SSSR count). The van der Waals surface area contributed by atoms with Gasteiger partial charge in [0.2, 0.25) is 0 Å². The van der Waals surface area contributed by atoms with Crippen LogP contribution in [0.2, 0.25) is 0 Å². The summed E-state index contributed by atoms with van der Waals surface area (Å²) in [6.07, 6.45) is 0. The maximum Gasteiger partial charge on any atom is 0.263 e. The van der Waals surface area contributed by atoms with Crippen molar-refractivity contribution in [3.63, 3.8) is 0 Å². The van der Waals surface area contributed by atoms with Crippen molar-refractivity contribution < 1.29 is 12.8 Å². The van der Waals surface area contributed by atoms with Gasteiger partial charge in [-0.3, -0.25) is 4.72 Å². The summed E-state index contributed by atoms with van der Waals surface area (Å²) >= 11 is 3.07. The Bertz CT molecular complexity index is 763. The lowest BCUT2D eigenvalue weighted by atomic mass is 10.3. The van der Waals surface area contributed by atoms with Gasteiger partial charge in [0.05, 0.1) is 5.69 Å². The van der Waals surface area contributed by atoms with Gasteiger partial charge in [-0.2, -0.15) is 0 Å². The third-order valence-corrected chi connectivity index (χ3v) is 5.16. The van der Waals surface area contributed by atoms with Gasteiger partial charge in [0.15, 0.2) is 0 Å². The lowest BCUT2D eigenvalue weighted by Crippen LogP contribution is -2.14. The number of benzene rings is 2. The number of sulfonamides is 1. The molecule has 21 heavy (non-hydrogen) atoms. The zero-order valence-corrected chi connectivity index (χ0v) is 13.9. The lowest BCUT2D eigenvalue weighted by molar-refractivity contribution is 0.599. The van der Waals surface area contributed by atoms with E-state index in [1.807, 2.05) is 25.1 Å². The molecule has 0 radical (unpaired) electrons. The molecule has 2 aromatic carbocycles. The molecule has 0 aromatic heterocycles. The monoisotopic (exact) mass is 372 g/mol. The van der Waals surface area contributed by atoms with E-state index in [0.717, 1.165) is 17.8 Å². The van der Waals surface area contributed by atoms with Crippen LogP contribution in [0.25, 0.3) is 0 Å². The van der Waals surface area contributed by atoms with Crippen LogP contribution >= 0.6 is 15.9 Å². The fraction of sp³-hybridized carbons (Fsp3) is 0.143. The average Bonchev–Trinajstić information content (AvgIpc) is 2.37. The molecule has 0 fully saturated rings. The molecule has 0 atom stereocenters. The maximum atomic E-state index is 13.1. The molecule has 0 heterocycles. The van der Waals surface area contributed by atoms with E-state index in [1.54, 1.807) is 18.2 Å². The lowest BCUT2D eigenvalue weighted by Gasteiger charge is -2.15. The first-order chi connectivity index (χ1) is 9.79. The molecule has 112 valence electrons. The first kappa shape index (κ1) is 15.8. The molecule has 4 nitrogen and oxygen atoms in total. The molecule has 0 amide bonds. The Morgan fingerprint density at radius 3 is 2.48 bits per heavy atom. The van der Waals surface area contributed by atoms with Crippen LogP contribution in [-0.4, -0.2) is 22.5 Å². The van der Waals surface area contributed by atoms with Crippen molar-refractivity contribution in [2.75, 3.05) is 23.7 Å². The number of nitrogens with zero attached hydrogens (tertiary/aromatic N) is 1. The van der Waals surface area contributed by atoms with Gasteiger partial charge in [-0.15, -0.1) is 0 Å². The summed E-state index contributed by atoms with van der Waals surface area (Å²) in [5.74, 6) is -0.504. The second kappa shape index (κ2) is 6.03. The van der Waals surface area contributed by atoms with E-state index in [2.05, 4.69) is 20.7 Å². The van der Waals surface area contributed by atoms with Crippen molar-refractivity contribution >= 4 is 37.3 Å². The van der Waals surface area contributed by atoms with Crippen molar-refractivity contribution in [2.24, 2.45) is 0 Å². The zero-order chi connectivity index (χ0) is 15.6. The minimum Gasteiger partial charge on any atom is -0.378 e. The van der Waals surface area contributed by atoms with Gasteiger partial charge >= 0.3 is 0 Å². The van der Waals surface area contributed by atoms with Gasteiger partial charge in [0, 0.05) is 24.3 Å². The number of anilines is 2. The molecule has 0 saturated heterocycles. The normalized spacial score (nSPS) is 11.2. The molecule has 2 aromatic rings. The minimum atomic E-state index is -3.79. The molecular weight excluding hydrogens is 359 g/mol. The molecule has 0 aliphatic heterocycles. The van der Waals surface area contributed by atoms with Crippen molar-refractivity contribution in [3.05, 3.63) is 52.8 Å². The van der Waals surface area contributed by atoms with Gasteiger partial charge in [-0.1, -0.05) is 6.07 Å². The number of hydrogen-bond donors (Lipinski definition) is 1. The van der Waals surface area contributed by atoms with E-state index in [4.69, 9.17) is 0 Å². The number of nitrogens with one attached hydrogen (secondary N) is 1. The fourth-order valence-electron chi connectivity index (χ4n) is 1.75. The predicted octanol–water partition coefficient (Wildman–Crippen LogP) is 3.46. The molecule has 0 aliphatic carbocycles. The van der Waals surface area contributed by atoms with Crippen LogP contribution in [0.15, 0.2) is 51.8 Å². The Hall–Kier alpha value is -1.60. The van der Waals surface area contributed by atoms with Crippen LogP contribution in [0.3, 0.4) is 0 Å². The third kappa shape index (κ3) is 3.74. The van der Waals surface area contributed by atoms with E-state index in [9.17, 15) is 12.8 Å². The maximum absolute atomic E-state index is 13.1. The Labute approximate surface area is 131 Å². The summed E-state index contributed by atoms with van der Waals surface area (Å²) in [5, 5.41) is 0. The van der Waals surface area contributed by atoms with Crippen molar-refractivity contribution in [1.29, 1.82) is 0 Å². The molecule has 0 saturated carbocycles. The van der Waals surface area contributed by atoms with Crippen LogP contribution in [-0.2, 0) is 10.0 Å². The van der Waals surface area contributed by atoms with Crippen molar-refractivity contribution in [1.82, 2.24) is 0 Å². The van der Waals surface area contributed by atoms with E-state index >= 15 is 0 Å². The van der Waals surface area contributed by atoms with Gasteiger partial charge < -0.3 is 4.90 Å². The van der Waals surface area contributed by atoms with E-state index in [0.29, 0.717) is 5.69 Å². The van der Waals surface area contributed by atoms with Gasteiger partial charge in [0.25, 0.3) is 10.0 Å². The SMILES string of the molecule is CN(C)c1cccc(NS(=O)(=O)c2ccc(F)cc2Br)c1. The summed E-state index contributed by atoms with van der Waals surface area (Å²) in [5.41, 5.74) is 1.31. The summed E-state index contributed by atoms with van der Waals surface area (Å²) in [4.78, 5) is 1.85. The predicted molar refractivity (Wildman–Crippen MR) is 85.7 cm³/mol. The standard InChI is InChI=1S/C14H14BrFN2O2S/c1-18(2)12-5-3-4-11(9-12)17-21(19,20)14-7-6-10(16)8-13(14)15/h3-9,17H,1-2H3. The number of halogens is 2. The second-order valence-corrected chi connectivity index (χ2v) is 7.13. The first-order valence-electron chi connectivity index (χ1n) is 6.05. The summed E-state index contributed by atoms with van der Waals surface area (Å²) in [6.45, 7) is 0. The smallest absolute Gasteiger partial charge is 0.263 e. The van der Waals surface area contributed by atoms with Crippen molar-refractivity contribution in [3.8, 4) is 0 Å². The van der Waals surface area contributed by atoms with E-state index in [-0.39, 0.29) is 9.37 Å². The molecule has 0 spiro atoms. The Kier molecular flexibility index (Phi) is 4.53. The summed E-state index contributed by atoms with van der Waals surface area (Å²) in [7, 11) is -0.0548. The highest BCUT2D eigenvalue weighted by atomic mass is 79.9. The largest absolute Gasteiger partial charge is 0.378 e. The van der Waals surface area contributed by atoms with Crippen LogP contribution < -0.4 is 9.62 Å². The van der Waals surface area contributed by atoms with Crippen LogP contribution in [0.5, 0.6) is 0 Å². The van der Waals surface area contributed by atoms with Crippen LogP contribution in [0.4, 0.5) is 15.8 Å². The van der Waals surface area contributed by atoms with Crippen molar-refractivity contribution in [2.45, 2.75) is 4.90 Å². The Morgan fingerprint density at radius 2 is 1.86 bits per heavy atom. The molecule has 1 N–H and O–H groups in total. The Balaban J connectivity index is 2.35. The average molecular weight is 373 g/mol. The zero-order valence-electron chi connectivity index (χ0n) is 11.5. The fourth-order valence-corrected chi connectivity index (χ4v) is 3.85. The molecule has 0 aliphatic rings. The van der Waals surface area contributed by atoms with E-state index in [1.165, 1.54) is 6.07 Å². The highest BCUT2D eigenvalue weighted by molar-refractivity contribution is 9.10. The molecular formula is C14H14BrFN2O2S. The highest BCUT2D eigenvalue weighted by Gasteiger charge is 2.18.